The Labute approximate surface area is 183 Å². The molecule has 162 valence electrons. The number of aromatic nitrogens is 1. The molecular formula is C24H33N3O2S. The molecule has 0 saturated carbocycles. The van der Waals surface area contributed by atoms with Crippen molar-refractivity contribution in [3.8, 4) is 0 Å². The van der Waals surface area contributed by atoms with Gasteiger partial charge in [-0.25, -0.2) is 0 Å². The van der Waals surface area contributed by atoms with Crippen LogP contribution >= 0.6 is 11.8 Å². The van der Waals surface area contributed by atoms with Gasteiger partial charge in [-0.15, -0.1) is 11.8 Å². The van der Waals surface area contributed by atoms with Gasteiger partial charge < -0.3 is 19.9 Å². The minimum atomic E-state index is -0.114. The molecule has 1 aromatic carbocycles. The summed E-state index contributed by atoms with van der Waals surface area (Å²) in [4.78, 5) is 18.7. The third-order valence-electron chi connectivity index (χ3n) is 7.41. The van der Waals surface area contributed by atoms with Crippen LogP contribution in [0.5, 0.6) is 0 Å². The zero-order valence-corrected chi connectivity index (χ0v) is 18.9. The van der Waals surface area contributed by atoms with Gasteiger partial charge in [0.15, 0.2) is 0 Å². The lowest BCUT2D eigenvalue weighted by Gasteiger charge is -2.45. The van der Waals surface area contributed by atoms with Crippen molar-refractivity contribution >= 4 is 28.6 Å². The summed E-state index contributed by atoms with van der Waals surface area (Å²) in [6, 6.07) is 7.12. The van der Waals surface area contributed by atoms with Crippen molar-refractivity contribution in [3.05, 3.63) is 29.3 Å². The Morgan fingerprint density at radius 3 is 3.07 bits per heavy atom. The summed E-state index contributed by atoms with van der Waals surface area (Å²) in [5.41, 5.74) is 4.23. The number of aromatic amines is 1. The lowest BCUT2D eigenvalue weighted by atomic mass is 9.72. The molecule has 2 aromatic rings. The Morgan fingerprint density at radius 1 is 1.30 bits per heavy atom. The van der Waals surface area contributed by atoms with E-state index in [0.29, 0.717) is 24.5 Å². The fourth-order valence-corrected chi connectivity index (χ4v) is 6.58. The highest BCUT2D eigenvalue weighted by Gasteiger charge is 2.40. The summed E-state index contributed by atoms with van der Waals surface area (Å²) >= 11 is 1.82. The second kappa shape index (κ2) is 8.56. The van der Waals surface area contributed by atoms with E-state index < -0.39 is 0 Å². The lowest BCUT2D eigenvalue weighted by molar-refractivity contribution is -0.148. The molecule has 0 unspecified atom stereocenters. The smallest absolute Gasteiger partial charge is 0.323 e. The molecule has 0 bridgehead atoms. The Bertz CT molecular complexity index is 919. The number of fused-ring (bicyclic) bond motifs is 2. The van der Waals surface area contributed by atoms with E-state index in [-0.39, 0.29) is 12.0 Å². The first-order valence-electron chi connectivity index (χ1n) is 11.4. The van der Waals surface area contributed by atoms with Crippen molar-refractivity contribution < 1.29 is 9.53 Å². The number of hydrogen-bond donors (Lipinski definition) is 2. The highest BCUT2D eigenvalue weighted by atomic mass is 32.2. The Balaban J connectivity index is 1.32. The van der Waals surface area contributed by atoms with Gasteiger partial charge in [0.05, 0.1) is 11.6 Å². The van der Waals surface area contributed by atoms with Crippen LogP contribution in [-0.4, -0.2) is 60.9 Å². The molecule has 5 nitrogen and oxygen atoms in total. The van der Waals surface area contributed by atoms with Crippen LogP contribution < -0.4 is 5.32 Å². The largest absolute Gasteiger partial charge is 0.464 e. The lowest BCUT2D eigenvalue weighted by Crippen LogP contribution is -2.49. The van der Waals surface area contributed by atoms with Crippen molar-refractivity contribution in [1.82, 2.24) is 15.2 Å². The summed E-state index contributed by atoms with van der Waals surface area (Å²) in [5.74, 6) is 0.844. The molecule has 4 atom stereocenters. The number of thioether (sulfide) groups is 1. The van der Waals surface area contributed by atoms with Crippen LogP contribution in [-0.2, 0) is 16.0 Å². The number of benzene rings is 1. The number of carbonyl (C=O) groups excluding carboxylic acids is 1. The fourth-order valence-electron chi connectivity index (χ4n) is 5.93. The van der Waals surface area contributed by atoms with E-state index in [1.807, 2.05) is 11.8 Å². The maximum Gasteiger partial charge on any atom is 0.323 e. The Hall–Kier alpha value is -1.50. The first-order chi connectivity index (χ1) is 14.7. The number of nitrogens with one attached hydrogen (secondary N) is 2. The average Bonchev–Trinajstić information content (AvgIpc) is 2.93. The topological polar surface area (TPSA) is 57.4 Å². The number of hydrogen-bond acceptors (Lipinski definition) is 5. The van der Waals surface area contributed by atoms with Gasteiger partial charge in [-0.2, -0.15) is 0 Å². The Kier molecular flexibility index (Phi) is 5.82. The minimum absolute atomic E-state index is 0.0510. The molecule has 3 heterocycles. The molecule has 6 heteroatoms. The van der Waals surface area contributed by atoms with Gasteiger partial charge in [-0.05, 0) is 62.7 Å². The van der Waals surface area contributed by atoms with Crippen LogP contribution in [0.2, 0.25) is 0 Å². The van der Waals surface area contributed by atoms with Crippen LogP contribution in [0.4, 0.5) is 0 Å². The molecule has 2 fully saturated rings. The number of piperidine rings is 1. The van der Waals surface area contributed by atoms with Gasteiger partial charge in [0.1, 0.15) is 6.04 Å². The molecule has 5 rings (SSSR count). The summed E-state index contributed by atoms with van der Waals surface area (Å²) < 4.78 is 5.83. The van der Waals surface area contributed by atoms with Crippen molar-refractivity contribution in [2.24, 2.45) is 5.92 Å². The number of likely N-dealkylation sites (N-methyl/N-ethyl adjacent to an activating group) is 1. The molecule has 0 spiro atoms. The van der Waals surface area contributed by atoms with E-state index in [9.17, 15) is 4.79 Å². The number of ether oxygens (including phenoxy) is 1. The second-order valence-corrected chi connectivity index (χ2v) is 10.1. The average molecular weight is 428 g/mol. The third kappa shape index (κ3) is 3.67. The van der Waals surface area contributed by atoms with Gasteiger partial charge >= 0.3 is 5.97 Å². The third-order valence-corrected chi connectivity index (χ3v) is 8.16. The number of likely N-dealkylation sites (tertiary alicyclic amines) is 1. The first kappa shape index (κ1) is 20.4. The van der Waals surface area contributed by atoms with E-state index >= 15 is 0 Å². The number of rotatable bonds is 4. The molecule has 0 amide bonds. The Morgan fingerprint density at radius 2 is 2.20 bits per heavy atom. The van der Waals surface area contributed by atoms with Gasteiger partial charge in [-0.1, -0.05) is 25.0 Å². The molecule has 2 aliphatic heterocycles. The normalized spacial score (nSPS) is 29.4. The van der Waals surface area contributed by atoms with E-state index in [0.717, 1.165) is 45.2 Å². The molecule has 30 heavy (non-hydrogen) atoms. The van der Waals surface area contributed by atoms with Crippen LogP contribution in [0.15, 0.2) is 23.2 Å². The second-order valence-electron chi connectivity index (χ2n) is 9.31. The molecule has 1 aliphatic carbocycles. The number of esters is 1. The fraction of sp³-hybridized carbons (Fsp3) is 0.625. The van der Waals surface area contributed by atoms with Crippen LogP contribution in [0.1, 0.15) is 49.1 Å². The zero-order chi connectivity index (χ0) is 20.7. The van der Waals surface area contributed by atoms with Crippen LogP contribution in [0.3, 0.4) is 0 Å². The molecular weight excluding hydrogens is 394 g/mol. The standard InChI is InChI=1S/C24H33N3O2S/c1-27-13-15(14-29-24(28)20-8-4-3-5-10-25-20)11-17-16-7-6-9-19-22(16)18(12-21(17)27)23(26-19)30-2/h6-7,9,15,17,20-21,25-26H,3-5,8,10-14H2,1-2H3/t15-,17-,20-,21-/m1/s1. The quantitative estimate of drug-likeness (QED) is 0.572. The predicted molar refractivity (Wildman–Crippen MR) is 122 cm³/mol. The van der Waals surface area contributed by atoms with E-state index in [1.54, 1.807) is 0 Å². The van der Waals surface area contributed by atoms with E-state index in [1.165, 1.54) is 33.5 Å². The maximum atomic E-state index is 12.6. The molecule has 2 N–H and O–H groups in total. The van der Waals surface area contributed by atoms with Crippen LogP contribution in [0, 0.1) is 5.92 Å². The van der Waals surface area contributed by atoms with Gasteiger partial charge in [-0.3, -0.25) is 4.79 Å². The van der Waals surface area contributed by atoms with Crippen molar-refractivity contribution in [1.29, 1.82) is 0 Å². The molecule has 3 aliphatic rings. The SMILES string of the molecule is CSc1[nH]c2cccc3c2c1C[C@@H]1[C@@H]3C[C@@H](COC(=O)[C@H]2CCCCCN2)CN1C. The maximum absolute atomic E-state index is 12.6. The zero-order valence-electron chi connectivity index (χ0n) is 18.1. The summed E-state index contributed by atoms with van der Waals surface area (Å²) in [7, 11) is 2.25. The highest BCUT2D eigenvalue weighted by Crippen LogP contribution is 2.46. The van der Waals surface area contributed by atoms with Gasteiger partial charge in [0.25, 0.3) is 0 Å². The van der Waals surface area contributed by atoms with Gasteiger partial charge in [0.2, 0.25) is 0 Å². The van der Waals surface area contributed by atoms with E-state index in [4.69, 9.17) is 4.74 Å². The van der Waals surface area contributed by atoms with E-state index in [2.05, 4.69) is 46.7 Å². The number of carbonyl (C=O) groups is 1. The van der Waals surface area contributed by atoms with Gasteiger partial charge in [0, 0.05) is 35.3 Å². The summed E-state index contributed by atoms with van der Waals surface area (Å²) in [6.45, 7) is 2.46. The molecule has 2 saturated heterocycles. The minimum Gasteiger partial charge on any atom is -0.464 e. The highest BCUT2D eigenvalue weighted by molar-refractivity contribution is 7.98. The summed E-state index contributed by atoms with van der Waals surface area (Å²) in [6.07, 6.45) is 8.74. The van der Waals surface area contributed by atoms with Crippen LogP contribution in [0.25, 0.3) is 10.9 Å². The van der Waals surface area contributed by atoms with Crippen molar-refractivity contribution in [3.63, 3.8) is 0 Å². The molecule has 1 aromatic heterocycles. The monoisotopic (exact) mass is 427 g/mol. The molecule has 0 radical (unpaired) electrons. The number of H-pyrrole nitrogens is 1. The predicted octanol–water partition coefficient (Wildman–Crippen LogP) is 3.93. The number of nitrogens with zero attached hydrogens (tertiary/aromatic N) is 1. The summed E-state index contributed by atoms with van der Waals surface area (Å²) in [5, 5.41) is 6.12. The van der Waals surface area contributed by atoms with Crippen molar-refractivity contribution in [2.75, 3.05) is 33.0 Å². The first-order valence-corrected chi connectivity index (χ1v) is 12.7. The van der Waals surface area contributed by atoms with Crippen molar-refractivity contribution in [2.45, 2.75) is 61.6 Å².